The molecule has 2 aromatic carbocycles. The molecule has 0 spiro atoms. The van der Waals surface area contributed by atoms with Gasteiger partial charge in [0, 0.05) is 54.0 Å². The van der Waals surface area contributed by atoms with E-state index in [1.807, 2.05) is 48.5 Å². The first-order chi connectivity index (χ1) is 15.1. The molecule has 0 fully saturated rings. The van der Waals surface area contributed by atoms with Gasteiger partial charge < -0.3 is 20.1 Å². The average molecular weight is 414 g/mol. The summed E-state index contributed by atoms with van der Waals surface area (Å²) < 4.78 is 2.23. The summed E-state index contributed by atoms with van der Waals surface area (Å²) in [5.41, 5.74) is 5.08. The van der Waals surface area contributed by atoms with Crippen LogP contribution < -0.4 is 10.6 Å². The van der Waals surface area contributed by atoms with E-state index in [0.29, 0.717) is 0 Å². The zero-order valence-corrected chi connectivity index (χ0v) is 17.9. The van der Waals surface area contributed by atoms with E-state index < -0.39 is 0 Å². The standard InChI is InChI=1S/C25H27N5O/c1-29(2)15-16-30-14-11-21-18-23(7-8-24(21)30)28-25(31)27-22-5-3-19(4-6-22)17-20-9-12-26-13-10-20/h3-14,18H,15-17H2,1-2H3,(H2,27,28,31). The highest BCUT2D eigenvalue weighted by Crippen LogP contribution is 2.21. The maximum absolute atomic E-state index is 12.4. The fraction of sp³-hybridized carbons (Fsp3) is 0.200. The van der Waals surface area contributed by atoms with Crippen LogP contribution in [0.4, 0.5) is 16.2 Å². The second-order valence-corrected chi connectivity index (χ2v) is 7.89. The largest absolute Gasteiger partial charge is 0.346 e. The molecule has 0 aliphatic carbocycles. The summed E-state index contributed by atoms with van der Waals surface area (Å²) in [6, 6.07) is 19.7. The van der Waals surface area contributed by atoms with Gasteiger partial charge in [0.15, 0.2) is 0 Å². The van der Waals surface area contributed by atoms with Crippen LogP contribution >= 0.6 is 0 Å². The number of aromatic nitrogens is 2. The van der Waals surface area contributed by atoms with E-state index in [1.54, 1.807) is 12.4 Å². The van der Waals surface area contributed by atoms with Crippen LogP contribution in [0, 0.1) is 0 Å². The smallest absolute Gasteiger partial charge is 0.323 e. The molecule has 0 atom stereocenters. The lowest BCUT2D eigenvalue weighted by Gasteiger charge is -2.12. The predicted octanol–water partition coefficient (Wildman–Crippen LogP) is 4.83. The van der Waals surface area contributed by atoms with Crippen molar-refractivity contribution in [3.63, 3.8) is 0 Å². The molecule has 0 bridgehead atoms. The van der Waals surface area contributed by atoms with Crippen molar-refractivity contribution in [3.05, 3.63) is 90.4 Å². The number of hydrogen-bond donors (Lipinski definition) is 2. The van der Waals surface area contributed by atoms with Crippen LogP contribution in [0.25, 0.3) is 10.9 Å². The number of nitrogens with one attached hydrogen (secondary N) is 2. The molecule has 0 saturated heterocycles. The van der Waals surface area contributed by atoms with Crippen molar-refractivity contribution in [1.29, 1.82) is 0 Å². The molecule has 6 nitrogen and oxygen atoms in total. The third kappa shape index (κ3) is 5.49. The van der Waals surface area contributed by atoms with Crippen molar-refractivity contribution in [2.24, 2.45) is 0 Å². The Hall–Kier alpha value is -3.64. The van der Waals surface area contributed by atoms with Gasteiger partial charge in [-0.25, -0.2) is 4.79 Å². The number of urea groups is 1. The Bertz CT molecular complexity index is 1150. The summed E-state index contributed by atoms with van der Waals surface area (Å²) in [4.78, 5) is 18.6. The maximum atomic E-state index is 12.4. The van der Waals surface area contributed by atoms with Gasteiger partial charge in [-0.3, -0.25) is 4.98 Å². The van der Waals surface area contributed by atoms with Crippen LogP contribution in [-0.4, -0.2) is 41.1 Å². The summed E-state index contributed by atoms with van der Waals surface area (Å²) in [6.07, 6.45) is 6.52. The molecule has 31 heavy (non-hydrogen) atoms. The fourth-order valence-corrected chi connectivity index (χ4v) is 3.52. The minimum atomic E-state index is -0.256. The van der Waals surface area contributed by atoms with E-state index in [0.717, 1.165) is 41.8 Å². The molecule has 0 unspecified atom stereocenters. The number of benzene rings is 2. The molecule has 0 radical (unpaired) electrons. The summed E-state index contributed by atoms with van der Waals surface area (Å²) in [5, 5.41) is 6.93. The topological polar surface area (TPSA) is 62.2 Å². The molecule has 0 saturated carbocycles. The van der Waals surface area contributed by atoms with Crippen LogP contribution in [0.1, 0.15) is 11.1 Å². The van der Waals surface area contributed by atoms with E-state index in [2.05, 4.69) is 57.5 Å². The zero-order chi connectivity index (χ0) is 21.6. The monoisotopic (exact) mass is 413 g/mol. The lowest BCUT2D eigenvalue weighted by molar-refractivity contribution is 0.262. The normalized spacial score (nSPS) is 11.1. The highest BCUT2D eigenvalue weighted by molar-refractivity contribution is 6.01. The molecule has 2 N–H and O–H groups in total. The molecule has 4 rings (SSSR count). The van der Waals surface area contributed by atoms with Crippen LogP contribution in [0.5, 0.6) is 0 Å². The third-order valence-corrected chi connectivity index (χ3v) is 5.19. The Kier molecular flexibility index (Phi) is 6.29. The Balaban J connectivity index is 1.35. The Morgan fingerprint density at radius 2 is 1.58 bits per heavy atom. The first kappa shape index (κ1) is 20.6. The van der Waals surface area contributed by atoms with E-state index in [-0.39, 0.29) is 6.03 Å². The number of carbonyl (C=O) groups excluding carboxylic acids is 1. The van der Waals surface area contributed by atoms with E-state index in [9.17, 15) is 4.79 Å². The second kappa shape index (κ2) is 9.45. The highest BCUT2D eigenvalue weighted by atomic mass is 16.2. The first-order valence-electron chi connectivity index (χ1n) is 10.4. The van der Waals surface area contributed by atoms with Crippen molar-refractivity contribution in [3.8, 4) is 0 Å². The molecule has 158 valence electrons. The van der Waals surface area contributed by atoms with Crippen LogP contribution in [0.3, 0.4) is 0 Å². The van der Waals surface area contributed by atoms with E-state index in [4.69, 9.17) is 0 Å². The number of likely N-dealkylation sites (N-methyl/N-ethyl adjacent to an activating group) is 1. The summed E-state index contributed by atoms with van der Waals surface area (Å²) in [5.74, 6) is 0. The molecule has 4 aromatic rings. The van der Waals surface area contributed by atoms with Crippen molar-refractivity contribution >= 4 is 28.3 Å². The van der Waals surface area contributed by atoms with Crippen LogP contribution in [0.15, 0.2) is 79.3 Å². The van der Waals surface area contributed by atoms with Crippen molar-refractivity contribution in [2.45, 2.75) is 13.0 Å². The van der Waals surface area contributed by atoms with Gasteiger partial charge in [0.25, 0.3) is 0 Å². The summed E-state index contributed by atoms with van der Waals surface area (Å²) in [7, 11) is 4.14. The maximum Gasteiger partial charge on any atom is 0.323 e. The summed E-state index contributed by atoms with van der Waals surface area (Å²) in [6.45, 7) is 1.91. The van der Waals surface area contributed by atoms with Gasteiger partial charge in [0.2, 0.25) is 0 Å². The SMILES string of the molecule is CN(C)CCn1ccc2cc(NC(=O)Nc3ccc(Cc4ccncc4)cc3)ccc21. The fourth-order valence-electron chi connectivity index (χ4n) is 3.52. The van der Waals surface area contributed by atoms with Crippen molar-refractivity contribution < 1.29 is 4.79 Å². The number of rotatable bonds is 7. The quantitative estimate of drug-likeness (QED) is 0.456. The minimum absolute atomic E-state index is 0.256. The molecule has 0 aliphatic rings. The summed E-state index contributed by atoms with van der Waals surface area (Å²) >= 11 is 0. The van der Waals surface area contributed by atoms with Crippen molar-refractivity contribution in [1.82, 2.24) is 14.5 Å². The first-order valence-corrected chi connectivity index (χ1v) is 10.4. The van der Waals surface area contributed by atoms with Crippen LogP contribution in [0.2, 0.25) is 0 Å². The van der Waals surface area contributed by atoms with Gasteiger partial charge in [-0.1, -0.05) is 12.1 Å². The number of amides is 2. The number of nitrogens with zero attached hydrogens (tertiary/aromatic N) is 3. The number of anilines is 2. The third-order valence-electron chi connectivity index (χ3n) is 5.19. The van der Waals surface area contributed by atoms with Gasteiger partial charge >= 0.3 is 6.03 Å². The Labute approximate surface area is 182 Å². The van der Waals surface area contributed by atoms with Gasteiger partial charge in [-0.05, 0) is 80.2 Å². The number of pyridine rings is 1. The molecular weight excluding hydrogens is 386 g/mol. The lowest BCUT2D eigenvalue weighted by Crippen LogP contribution is -2.19. The zero-order valence-electron chi connectivity index (χ0n) is 17.9. The lowest BCUT2D eigenvalue weighted by atomic mass is 10.1. The number of fused-ring (bicyclic) bond motifs is 1. The van der Waals surface area contributed by atoms with Gasteiger partial charge in [-0.15, -0.1) is 0 Å². The highest BCUT2D eigenvalue weighted by Gasteiger charge is 2.07. The van der Waals surface area contributed by atoms with Gasteiger partial charge in [0.05, 0.1) is 0 Å². The van der Waals surface area contributed by atoms with E-state index >= 15 is 0 Å². The van der Waals surface area contributed by atoms with Crippen molar-refractivity contribution in [2.75, 3.05) is 31.3 Å². The predicted molar refractivity (Wildman–Crippen MR) is 127 cm³/mol. The van der Waals surface area contributed by atoms with Gasteiger partial charge in [-0.2, -0.15) is 0 Å². The molecular formula is C25H27N5O. The van der Waals surface area contributed by atoms with Crippen LogP contribution in [-0.2, 0) is 13.0 Å². The van der Waals surface area contributed by atoms with E-state index in [1.165, 1.54) is 11.1 Å². The molecule has 2 aromatic heterocycles. The average Bonchev–Trinajstić information content (AvgIpc) is 3.16. The molecule has 0 aliphatic heterocycles. The minimum Gasteiger partial charge on any atom is -0.346 e. The number of carbonyl (C=O) groups is 1. The second-order valence-electron chi connectivity index (χ2n) is 7.89. The molecule has 2 heterocycles. The molecule has 6 heteroatoms. The van der Waals surface area contributed by atoms with Gasteiger partial charge in [0.1, 0.15) is 0 Å². The molecule has 2 amide bonds. The number of hydrogen-bond acceptors (Lipinski definition) is 3. The Morgan fingerprint density at radius 3 is 2.32 bits per heavy atom. The Morgan fingerprint density at radius 1 is 0.903 bits per heavy atom.